The summed E-state index contributed by atoms with van der Waals surface area (Å²) in [6, 6.07) is 10.7. The number of halogens is 1. The number of benzene rings is 2. The minimum absolute atomic E-state index is 0.0353. The monoisotopic (exact) mass is 431 g/mol. The molecule has 0 aliphatic carbocycles. The lowest BCUT2D eigenvalue weighted by Gasteiger charge is -2.22. The SMILES string of the molecule is CCS(=O)(=O)Oc1cccc(CN(CCOC)S(=O)(=O)c2ccc(F)cc2)c1. The Labute approximate surface area is 164 Å². The molecule has 0 heterocycles. The Hall–Kier alpha value is -2.01. The molecule has 0 atom stereocenters. The minimum Gasteiger partial charge on any atom is -0.383 e. The maximum Gasteiger partial charge on any atom is 0.308 e. The number of sulfonamides is 1. The first-order chi connectivity index (χ1) is 13.2. The van der Waals surface area contributed by atoms with Gasteiger partial charge in [-0.2, -0.15) is 12.7 Å². The molecule has 0 amide bonds. The Bertz CT molecular complexity index is 991. The first-order valence-corrected chi connectivity index (χ1v) is 11.5. The number of hydrogen-bond acceptors (Lipinski definition) is 6. The fraction of sp³-hybridized carbons (Fsp3) is 0.333. The molecule has 28 heavy (non-hydrogen) atoms. The van der Waals surface area contributed by atoms with Crippen molar-refractivity contribution in [1.82, 2.24) is 4.31 Å². The van der Waals surface area contributed by atoms with Crippen LogP contribution < -0.4 is 4.18 Å². The highest BCUT2D eigenvalue weighted by atomic mass is 32.2. The molecule has 0 aromatic heterocycles. The zero-order chi connectivity index (χ0) is 20.8. The predicted octanol–water partition coefficient (Wildman–Crippen LogP) is 2.39. The lowest BCUT2D eigenvalue weighted by Crippen LogP contribution is -2.33. The molecule has 0 aliphatic heterocycles. The molecule has 154 valence electrons. The van der Waals surface area contributed by atoms with Gasteiger partial charge in [-0.05, 0) is 48.9 Å². The van der Waals surface area contributed by atoms with Crippen LogP contribution in [0.3, 0.4) is 0 Å². The van der Waals surface area contributed by atoms with Crippen LogP contribution in [-0.4, -0.2) is 47.2 Å². The molecule has 0 fully saturated rings. The summed E-state index contributed by atoms with van der Waals surface area (Å²) in [5, 5.41) is 0. The van der Waals surface area contributed by atoms with Crippen LogP contribution in [0.15, 0.2) is 53.4 Å². The standard InChI is InChI=1S/C18H22FNO6S2/c1-3-27(21,22)26-17-6-4-5-15(13-17)14-20(11-12-25-2)28(23,24)18-9-7-16(19)8-10-18/h4-10,13H,3,11-12,14H2,1-2H3. The van der Waals surface area contributed by atoms with Gasteiger partial charge in [0.1, 0.15) is 11.6 Å². The van der Waals surface area contributed by atoms with Crippen molar-refractivity contribution in [2.24, 2.45) is 0 Å². The van der Waals surface area contributed by atoms with Crippen LogP contribution in [-0.2, 0) is 31.4 Å². The molecular weight excluding hydrogens is 409 g/mol. The third kappa shape index (κ3) is 5.99. The lowest BCUT2D eigenvalue weighted by molar-refractivity contribution is 0.177. The van der Waals surface area contributed by atoms with E-state index in [1.165, 1.54) is 42.6 Å². The van der Waals surface area contributed by atoms with Crippen LogP contribution in [0.2, 0.25) is 0 Å². The third-order valence-electron chi connectivity index (χ3n) is 3.83. The summed E-state index contributed by atoms with van der Waals surface area (Å²) in [5.41, 5.74) is 0.533. The molecule has 0 N–H and O–H groups in total. The van der Waals surface area contributed by atoms with Crippen molar-refractivity contribution in [3.63, 3.8) is 0 Å². The van der Waals surface area contributed by atoms with Crippen molar-refractivity contribution in [3.05, 3.63) is 59.9 Å². The number of rotatable bonds is 10. The van der Waals surface area contributed by atoms with Gasteiger partial charge in [-0.3, -0.25) is 0 Å². The molecule has 7 nitrogen and oxygen atoms in total. The molecular formula is C18H22FNO6S2. The molecule has 0 spiro atoms. The quantitative estimate of drug-likeness (QED) is 0.537. The summed E-state index contributed by atoms with van der Waals surface area (Å²) in [6.45, 7) is 1.64. The summed E-state index contributed by atoms with van der Waals surface area (Å²) in [7, 11) is -6.16. The second kappa shape index (κ2) is 9.46. The summed E-state index contributed by atoms with van der Waals surface area (Å²) in [4.78, 5) is -0.0500. The van der Waals surface area contributed by atoms with Crippen LogP contribution in [0.25, 0.3) is 0 Å². The van der Waals surface area contributed by atoms with E-state index >= 15 is 0 Å². The van der Waals surface area contributed by atoms with Crippen molar-refractivity contribution >= 4 is 20.1 Å². The van der Waals surface area contributed by atoms with Gasteiger partial charge in [-0.1, -0.05) is 12.1 Å². The van der Waals surface area contributed by atoms with Gasteiger partial charge >= 0.3 is 10.1 Å². The van der Waals surface area contributed by atoms with Crippen molar-refractivity contribution in [1.29, 1.82) is 0 Å². The Balaban J connectivity index is 2.30. The number of methoxy groups -OCH3 is 1. The highest BCUT2D eigenvalue weighted by Crippen LogP contribution is 2.21. The summed E-state index contributed by atoms with van der Waals surface area (Å²) in [5.74, 6) is -0.620. The van der Waals surface area contributed by atoms with E-state index in [2.05, 4.69) is 0 Å². The second-order valence-electron chi connectivity index (χ2n) is 5.86. The Kier molecular flexibility index (Phi) is 7.53. The molecule has 2 aromatic rings. The first kappa shape index (κ1) is 22.3. The lowest BCUT2D eigenvalue weighted by atomic mass is 10.2. The largest absolute Gasteiger partial charge is 0.383 e. The van der Waals surface area contributed by atoms with E-state index in [1.807, 2.05) is 0 Å². The van der Waals surface area contributed by atoms with Crippen LogP contribution >= 0.6 is 0 Å². The van der Waals surface area contributed by atoms with E-state index in [4.69, 9.17) is 8.92 Å². The van der Waals surface area contributed by atoms with Crippen LogP contribution in [0, 0.1) is 5.82 Å². The average Bonchev–Trinajstić information content (AvgIpc) is 2.65. The van der Waals surface area contributed by atoms with Gasteiger partial charge in [0.25, 0.3) is 0 Å². The summed E-state index contributed by atoms with van der Waals surface area (Å²) in [6.07, 6.45) is 0. The summed E-state index contributed by atoms with van der Waals surface area (Å²) < 4.78 is 73.4. The van der Waals surface area contributed by atoms with Gasteiger partial charge in [0.2, 0.25) is 10.0 Å². The van der Waals surface area contributed by atoms with Gasteiger partial charge in [0, 0.05) is 20.2 Å². The van der Waals surface area contributed by atoms with E-state index in [-0.39, 0.29) is 36.1 Å². The molecule has 2 aromatic carbocycles. The topological polar surface area (TPSA) is 90.0 Å². The van der Waals surface area contributed by atoms with Crippen LogP contribution in [0.1, 0.15) is 12.5 Å². The molecule has 0 saturated heterocycles. The van der Waals surface area contributed by atoms with E-state index in [1.54, 1.807) is 12.1 Å². The zero-order valence-electron chi connectivity index (χ0n) is 15.5. The minimum atomic E-state index is -3.91. The highest BCUT2D eigenvalue weighted by molar-refractivity contribution is 7.89. The Morgan fingerprint density at radius 1 is 1.04 bits per heavy atom. The average molecular weight is 432 g/mol. The maximum absolute atomic E-state index is 13.1. The number of ether oxygens (including phenoxy) is 1. The van der Waals surface area contributed by atoms with Crippen molar-refractivity contribution in [2.75, 3.05) is 26.0 Å². The van der Waals surface area contributed by atoms with Gasteiger partial charge in [-0.25, -0.2) is 12.8 Å². The van der Waals surface area contributed by atoms with Gasteiger partial charge in [-0.15, -0.1) is 0 Å². The Morgan fingerprint density at radius 3 is 2.32 bits per heavy atom. The fourth-order valence-electron chi connectivity index (χ4n) is 2.34. The Morgan fingerprint density at radius 2 is 1.71 bits per heavy atom. The van der Waals surface area contributed by atoms with E-state index in [0.717, 1.165) is 12.1 Å². The van der Waals surface area contributed by atoms with Crippen LogP contribution in [0.4, 0.5) is 4.39 Å². The molecule has 0 aliphatic rings. The highest BCUT2D eigenvalue weighted by Gasteiger charge is 2.25. The van der Waals surface area contributed by atoms with Crippen molar-refractivity contribution < 1.29 is 30.1 Å². The van der Waals surface area contributed by atoms with Gasteiger partial charge < -0.3 is 8.92 Å². The predicted molar refractivity (Wildman–Crippen MR) is 102 cm³/mol. The molecule has 2 rings (SSSR count). The number of nitrogens with zero attached hydrogens (tertiary/aromatic N) is 1. The van der Waals surface area contributed by atoms with E-state index in [0.29, 0.717) is 5.56 Å². The van der Waals surface area contributed by atoms with Gasteiger partial charge in [0.05, 0.1) is 17.3 Å². The molecule has 0 bridgehead atoms. The van der Waals surface area contributed by atoms with Gasteiger partial charge in [0.15, 0.2) is 0 Å². The second-order valence-corrected chi connectivity index (χ2v) is 9.66. The molecule has 0 radical (unpaired) electrons. The maximum atomic E-state index is 13.1. The fourth-order valence-corrected chi connectivity index (χ4v) is 4.26. The van der Waals surface area contributed by atoms with Crippen molar-refractivity contribution in [3.8, 4) is 5.75 Å². The molecule has 10 heteroatoms. The molecule has 0 saturated carbocycles. The van der Waals surface area contributed by atoms with Crippen molar-refractivity contribution in [2.45, 2.75) is 18.4 Å². The smallest absolute Gasteiger partial charge is 0.308 e. The summed E-state index contributed by atoms with van der Waals surface area (Å²) >= 11 is 0. The zero-order valence-corrected chi connectivity index (χ0v) is 17.2. The van der Waals surface area contributed by atoms with Crippen LogP contribution in [0.5, 0.6) is 5.75 Å². The number of hydrogen-bond donors (Lipinski definition) is 0. The third-order valence-corrected chi connectivity index (χ3v) is 6.84. The molecule has 0 unspecified atom stereocenters. The first-order valence-electron chi connectivity index (χ1n) is 8.43. The normalized spacial score (nSPS) is 12.3. The van der Waals surface area contributed by atoms with E-state index < -0.39 is 26.0 Å². The van der Waals surface area contributed by atoms with E-state index in [9.17, 15) is 21.2 Å².